The van der Waals surface area contributed by atoms with Crippen LogP contribution in [0.3, 0.4) is 0 Å². The van der Waals surface area contributed by atoms with E-state index < -0.39 is 0 Å². The molecule has 0 fully saturated rings. The molecule has 0 saturated carbocycles. The second kappa shape index (κ2) is 49.8. The van der Waals surface area contributed by atoms with Crippen molar-refractivity contribution in [1.82, 2.24) is 0 Å². The minimum absolute atomic E-state index is 0. The third-order valence-electron chi connectivity index (χ3n) is 1.79. The summed E-state index contributed by atoms with van der Waals surface area (Å²) in [4.78, 5) is 0. The summed E-state index contributed by atoms with van der Waals surface area (Å²) in [6.45, 7) is 12.5. The van der Waals surface area contributed by atoms with Crippen LogP contribution in [0, 0.1) is 0 Å². The fourth-order valence-corrected chi connectivity index (χ4v) is 0.894. The molecule has 128 valence electrons. The summed E-state index contributed by atoms with van der Waals surface area (Å²) < 4.78 is 0. The molecule has 21 heavy (non-hydrogen) atoms. The first kappa shape index (κ1) is 33.4. The topological polar surface area (TPSA) is 56.4 Å². The van der Waals surface area contributed by atoms with Gasteiger partial charge in [0.15, 0.2) is 0 Å². The Balaban J connectivity index is -0.0000000533. The molecule has 0 aromatic rings. The van der Waals surface area contributed by atoms with E-state index in [4.69, 9.17) is 0 Å². The van der Waals surface area contributed by atoms with Gasteiger partial charge in [0.1, 0.15) is 0 Å². The molecule has 0 radical (unpaired) electrons. The van der Waals surface area contributed by atoms with E-state index in [9.17, 15) is 0 Å². The van der Waals surface area contributed by atoms with Crippen LogP contribution in [0.1, 0.15) is 53.4 Å². The number of hydrogen-bond acceptors (Lipinski definition) is 0. The molecule has 0 bridgehead atoms. The molecule has 0 heterocycles. The summed E-state index contributed by atoms with van der Waals surface area (Å²) >= 11 is 0. The van der Waals surface area contributed by atoms with Crippen molar-refractivity contribution in [2.45, 2.75) is 53.4 Å². The Morgan fingerprint density at radius 2 is 0.571 bits per heavy atom. The van der Waals surface area contributed by atoms with E-state index in [2.05, 4.69) is 49.0 Å². The standard InChI is InChI=1S/4C4H10N.Zr/c4*1-3-4-5-2;/h4*3-4H2,1-2H3;/q4*-1;+4. The quantitative estimate of drug-likeness (QED) is 0.527. The summed E-state index contributed by atoms with van der Waals surface area (Å²) in [5.41, 5.74) is 0. The molecule has 0 spiro atoms. The van der Waals surface area contributed by atoms with Gasteiger partial charge in [0.05, 0.1) is 0 Å². The minimum atomic E-state index is 0. The summed E-state index contributed by atoms with van der Waals surface area (Å²) in [5, 5.41) is 15.4. The second-order valence-electron chi connectivity index (χ2n) is 4.16. The van der Waals surface area contributed by atoms with Gasteiger partial charge in [0.25, 0.3) is 0 Å². The fourth-order valence-electron chi connectivity index (χ4n) is 0.894. The van der Waals surface area contributed by atoms with Gasteiger partial charge >= 0.3 is 26.2 Å². The molecule has 0 saturated heterocycles. The number of rotatable bonds is 8. The van der Waals surface area contributed by atoms with Crippen LogP contribution < -0.4 is 0 Å². The van der Waals surface area contributed by atoms with E-state index in [0.29, 0.717) is 0 Å². The molecule has 0 aromatic carbocycles. The van der Waals surface area contributed by atoms with Gasteiger partial charge in [-0.15, -0.1) is 26.2 Å². The van der Waals surface area contributed by atoms with Crippen molar-refractivity contribution < 1.29 is 26.2 Å². The van der Waals surface area contributed by atoms with E-state index in [1.807, 2.05) is 28.2 Å². The van der Waals surface area contributed by atoms with Crippen molar-refractivity contribution in [1.29, 1.82) is 0 Å². The zero-order valence-corrected chi connectivity index (χ0v) is 18.4. The molecule has 0 unspecified atom stereocenters. The predicted molar refractivity (Wildman–Crippen MR) is 97.8 cm³/mol. The van der Waals surface area contributed by atoms with Crippen molar-refractivity contribution in [2.24, 2.45) is 0 Å². The maximum atomic E-state index is 3.85. The maximum absolute atomic E-state index is 3.85. The monoisotopic (exact) mass is 378 g/mol. The SMILES string of the molecule is CCC[N-]C.CCC[N-]C.CCC[N-]C.CCC[N-]C.[Zr+4]. The van der Waals surface area contributed by atoms with Gasteiger partial charge in [0.2, 0.25) is 0 Å². The van der Waals surface area contributed by atoms with Gasteiger partial charge in [-0.3, -0.25) is 0 Å². The number of nitrogens with zero attached hydrogens (tertiary/aromatic N) is 4. The van der Waals surface area contributed by atoms with Gasteiger partial charge < -0.3 is 21.3 Å². The van der Waals surface area contributed by atoms with E-state index in [1.54, 1.807) is 0 Å². The van der Waals surface area contributed by atoms with E-state index in [-0.39, 0.29) is 26.2 Å². The van der Waals surface area contributed by atoms with Crippen molar-refractivity contribution in [2.75, 3.05) is 54.4 Å². The maximum Gasteiger partial charge on any atom is 4.00 e. The molecule has 0 aliphatic carbocycles. The van der Waals surface area contributed by atoms with Crippen molar-refractivity contribution in [3.05, 3.63) is 21.3 Å². The Kier molecular flexibility index (Phi) is 79.1. The van der Waals surface area contributed by atoms with Crippen LogP contribution in [0.25, 0.3) is 21.3 Å². The smallest absolute Gasteiger partial charge is 0.665 e. The predicted octanol–water partition coefficient (Wildman–Crippen LogP) is 5.60. The Morgan fingerprint density at radius 1 is 0.429 bits per heavy atom. The van der Waals surface area contributed by atoms with Crippen LogP contribution in [0.15, 0.2) is 0 Å². The Labute approximate surface area is 155 Å². The van der Waals surface area contributed by atoms with Gasteiger partial charge in [0, 0.05) is 0 Å². The van der Waals surface area contributed by atoms with E-state index in [0.717, 1.165) is 26.2 Å². The first-order chi connectivity index (χ1) is 9.66. The van der Waals surface area contributed by atoms with E-state index >= 15 is 0 Å². The summed E-state index contributed by atoms with van der Waals surface area (Å²) in [6.07, 6.45) is 4.71. The Hall–Kier alpha value is 0.723. The van der Waals surface area contributed by atoms with Crippen LogP contribution in [0.4, 0.5) is 0 Å². The summed E-state index contributed by atoms with van der Waals surface area (Å²) in [5.74, 6) is 0. The van der Waals surface area contributed by atoms with Gasteiger partial charge in [-0.2, -0.15) is 28.2 Å². The van der Waals surface area contributed by atoms with Crippen LogP contribution in [0.2, 0.25) is 0 Å². The fraction of sp³-hybridized carbons (Fsp3) is 1.00. The largest absolute Gasteiger partial charge is 4.00 e. The average Bonchev–Trinajstić information content (AvgIpc) is 2.44. The number of hydrogen-bond donors (Lipinski definition) is 0. The molecule has 0 rings (SSSR count). The van der Waals surface area contributed by atoms with Crippen LogP contribution in [-0.4, -0.2) is 54.4 Å². The normalized spacial score (nSPS) is 8.00. The second-order valence-corrected chi connectivity index (χ2v) is 4.16. The first-order valence-electron chi connectivity index (χ1n) is 7.88. The third kappa shape index (κ3) is 95.5. The van der Waals surface area contributed by atoms with Crippen molar-refractivity contribution in [3.63, 3.8) is 0 Å². The van der Waals surface area contributed by atoms with Crippen molar-refractivity contribution >= 4 is 0 Å². The van der Waals surface area contributed by atoms with Crippen molar-refractivity contribution in [3.8, 4) is 0 Å². The summed E-state index contributed by atoms with van der Waals surface area (Å²) in [6, 6.07) is 0. The van der Waals surface area contributed by atoms with Crippen LogP contribution in [0.5, 0.6) is 0 Å². The molecule has 0 aromatic heterocycles. The van der Waals surface area contributed by atoms with Gasteiger partial charge in [-0.25, -0.2) is 0 Å². The van der Waals surface area contributed by atoms with Gasteiger partial charge in [-0.05, 0) is 0 Å². The molecule has 0 N–H and O–H groups in total. The molecule has 0 atom stereocenters. The molecule has 0 aliphatic heterocycles. The molecule has 0 aliphatic rings. The zero-order chi connectivity index (χ0) is 16.5. The molecule has 4 nitrogen and oxygen atoms in total. The third-order valence-corrected chi connectivity index (χ3v) is 1.79. The van der Waals surface area contributed by atoms with Crippen LogP contribution >= 0.6 is 0 Å². The van der Waals surface area contributed by atoms with Crippen LogP contribution in [-0.2, 0) is 26.2 Å². The molecular weight excluding hydrogens is 339 g/mol. The average molecular weight is 380 g/mol. The summed E-state index contributed by atoms with van der Waals surface area (Å²) in [7, 11) is 7.35. The molecular formula is C16H40N4Zr. The minimum Gasteiger partial charge on any atom is -0.665 e. The Bertz CT molecular complexity index is 74.3. The van der Waals surface area contributed by atoms with Gasteiger partial charge in [-0.1, -0.05) is 53.4 Å². The first-order valence-corrected chi connectivity index (χ1v) is 7.88. The Morgan fingerprint density at radius 3 is 0.571 bits per heavy atom. The molecule has 0 amide bonds. The molecule has 5 heteroatoms. The zero-order valence-electron chi connectivity index (χ0n) is 15.9. The van der Waals surface area contributed by atoms with E-state index in [1.165, 1.54) is 25.7 Å².